The number of aryl methyl sites for hydroxylation is 1. The number of carbonyl (C=O) groups excluding carboxylic acids is 1. The summed E-state index contributed by atoms with van der Waals surface area (Å²) in [5, 5.41) is 12.1. The van der Waals surface area contributed by atoms with Crippen molar-refractivity contribution < 1.29 is 14.6 Å². The van der Waals surface area contributed by atoms with Gasteiger partial charge in [0.25, 0.3) is 0 Å². The molecule has 30 heavy (non-hydrogen) atoms. The number of epoxide rings is 1. The zero-order valence-corrected chi connectivity index (χ0v) is 18.1. The lowest BCUT2D eigenvalue weighted by Gasteiger charge is -2.17. The SMILES string of the molecule is CN(C)Cc1c(O)c(-c2cccnc2)cc2c1c(C(=O)C1CO1)c(CN(C)C)n2C. The quantitative estimate of drug-likeness (QED) is 0.479. The van der Waals surface area contributed by atoms with Crippen molar-refractivity contribution in [1.29, 1.82) is 0 Å². The fourth-order valence-electron chi connectivity index (χ4n) is 4.04. The maximum absolute atomic E-state index is 13.3. The molecule has 0 bridgehead atoms. The molecule has 1 saturated heterocycles. The molecule has 1 N–H and O–H groups in total. The Balaban J connectivity index is 2.08. The van der Waals surface area contributed by atoms with Crippen molar-refractivity contribution in [3.05, 3.63) is 47.4 Å². The molecule has 1 aliphatic rings. The molecule has 0 amide bonds. The second-order valence-electron chi connectivity index (χ2n) is 8.43. The summed E-state index contributed by atoms with van der Waals surface area (Å²) in [7, 11) is 9.86. The Morgan fingerprint density at radius 1 is 1.27 bits per heavy atom. The molecule has 3 heterocycles. The molecule has 7 heteroatoms. The average molecular weight is 409 g/mol. The fourth-order valence-corrected chi connectivity index (χ4v) is 4.04. The predicted molar refractivity (Wildman–Crippen MR) is 117 cm³/mol. The monoisotopic (exact) mass is 408 g/mol. The van der Waals surface area contributed by atoms with Crippen LogP contribution in [0, 0.1) is 0 Å². The Morgan fingerprint density at radius 3 is 2.53 bits per heavy atom. The van der Waals surface area contributed by atoms with Gasteiger partial charge in [-0.1, -0.05) is 6.07 Å². The second-order valence-corrected chi connectivity index (χ2v) is 8.43. The Hall–Kier alpha value is -2.74. The van der Waals surface area contributed by atoms with Crippen molar-refractivity contribution >= 4 is 16.7 Å². The highest BCUT2D eigenvalue weighted by Crippen LogP contribution is 2.42. The number of aromatic hydroxyl groups is 1. The number of ether oxygens (including phenoxy) is 1. The Labute approximate surface area is 176 Å². The maximum atomic E-state index is 13.3. The van der Waals surface area contributed by atoms with Crippen LogP contribution < -0.4 is 0 Å². The fraction of sp³-hybridized carbons (Fsp3) is 0.391. The van der Waals surface area contributed by atoms with Gasteiger partial charge < -0.3 is 24.2 Å². The van der Waals surface area contributed by atoms with Crippen molar-refractivity contribution in [3.63, 3.8) is 0 Å². The van der Waals surface area contributed by atoms with Crippen LogP contribution >= 0.6 is 0 Å². The predicted octanol–water partition coefficient (Wildman–Crippen LogP) is 2.65. The van der Waals surface area contributed by atoms with E-state index < -0.39 is 0 Å². The molecular formula is C23H28N4O3. The van der Waals surface area contributed by atoms with Crippen LogP contribution in [0.25, 0.3) is 22.0 Å². The molecule has 0 aliphatic carbocycles. The summed E-state index contributed by atoms with van der Waals surface area (Å²) in [6, 6.07) is 5.75. The number of phenolic OH excluding ortho intramolecular Hbond substituents is 1. The van der Waals surface area contributed by atoms with Gasteiger partial charge in [-0.05, 0) is 40.3 Å². The van der Waals surface area contributed by atoms with E-state index >= 15 is 0 Å². The largest absolute Gasteiger partial charge is 0.507 e. The smallest absolute Gasteiger partial charge is 0.196 e. The molecule has 3 aromatic rings. The minimum absolute atomic E-state index is 0.00835. The number of nitrogens with zero attached hydrogens (tertiary/aromatic N) is 4. The lowest BCUT2D eigenvalue weighted by atomic mass is 9.94. The van der Waals surface area contributed by atoms with E-state index in [9.17, 15) is 9.90 Å². The van der Waals surface area contributed by atoms with E-state index in [-0.39, 0.29) is 17.6 Å². The molecule has 4 rings (SSSR count). The number of aromatic nitrogens is 2. The standard InChI is InChI=1S/C23H28N4O3/c1-25(2)11-16-20-17(9-15(22(16)28)14-7-6-8-24-10-14)27(5)18(12-26(3)4)21(20)23(29)19-13-30-19/h6-10,19,28H,11-13H2,1-5H3. The lowest BCUT2D eigenvalue weighted by molar-refractivity contribution is 0.0953. The number of hydrogen-bond donors (Lipinski definition) is 1. The molecule has 158 valence electrons. The summed E-state index contributed by atoms with van der Waals surface area (Å²) in [4.78, 5) is 21.5. The van der Waals surface area contributed by atoms with Gasteiger partial charge in [-0.3, -0.25) is 9.78 Å². The number of hydrogen-bond acceptors (Lipinski definition) is 6. The topological polar surface area (TPSA) is 74.1 Å². The van der Waals surface area contributed by atoms with Crippen molar-refractivity contribution in [2.75, 3.05) is 34.8 Å². The number of ketones is 1. The van der Waals surface area contributed by atoms with Crippen LogP contribution in [0.15, 0.2) is 30.6 Å². The first-order valence-electron chi connectivity index (χ1n) is 10.0. The average Bonchev–Trinajstić information content (AvgIpc) is 3.51. The third-order valence-electron chi connectivity index (χ3n) is 5.47. The van der Waals surface area contributed by atoms with Crippen LogP contribution in [0.5, 0.6) is 5.75 Å². The van der Waals surface area contributed by atoms with Gasteiger partial charge in [-0.2, -0.15) is 0 Å². The summed E-state index contributed by atoms with van der Waals surface area (Å²) >= 11 is 0. The van der Waals surface area contributed by atoms with Gasteiger partial charge in [0.2, 0.25) is 0 Å². The molecule has 1 aliphatic heterocycles. The lowest BCUT2D eigenvalue weighted by Crippen LogP contribution is -2.18. The minimum atomic E-state index is -0.385. The van der Waals surface area contributed by atoms with E-state index in [0.29, 0.717) is 30.8 Å². The highest BCUT2D eigenvalue weighted by molar-refractivity contribution is 6.14. The van der Waals surface area contributed by atoms with Gasteiger partial charge in [0.05, 0.1) is 12.2 Å². The molecule has 0 radical (unpaired) electrons. The second kappa shape index (κ2) is 7.83. The van der Waals surface area contributed by atoms with Gasteiger partial charge in [-0.15, -0.1) is 0 Å². The summed E-state index contributed by atoms with van der Waals surface area (Å²) in [6.07, 6.45) is 3.07. The van der Waals surface area contributed by atoms with E-state index in [4.69, 9.17) is 4.74 Å². The molecule has 0 spiro atoms. The number of pyridine rings is 1. The summed E-state index contributed by atoms with van der Waals surface area (Å²) in [5.41, 5.74) is 4.81. The van der Waals surface area contributed by atoms with Crippen LogP contribution in [-0.4, -0.2) is 71.1 Å². The van der Waals surface area contributed by atoms with E-state index in [1.807, 2.05) is 63.2 Å². The summed E-state index contributed by atoms with van der Waals surface area (Å²) < 4.78 is 7.41. The number of Topliss-reactive ketones (excluding diaryl/α,β-unsaturated/α-hetero) is 1. The molecule has 1 aromatic carbocycles. The molecule has 7 nitrogen and oxygen atoms in total. The van der Waals surface area contributed by atoms with E-state index in [0.717, 1.165) is 27.7 Å². The van der Waals surface area contributed by atoms with Crippen molar-refractivity contribution in [2.24, 2.45) is 7.05 Å². The van der Waals surface area contributed by atoms with Crippen molar-refractivity contribution in [1.82, 2.24) is 19.4 Å². The van der Waals surface area contributed by atoms with Crippen molar-refractivity contribution in [2.45, 2.75) is 19.2 Å². The molecule has 0 saturated carbocycles. The third-order valence-corrected chi connectivity index (χ3v) is 5.47. The van der Waals surface area contributed by atoms with Gasteiger partial charge in [0, 0.05) is 65.8 Å². The van der Waals surface area contributed by atoms with E-state index in [2.05, 4.69) is 9.55 Å². The zero-order chi connectivity index (χ0) is 21.6. The first-order valence-corrected chi connectivity index (χ1v) is 10.0. The molecule has 1 unspecified atom stereocenters. The molecular weight excluding hydrogens is 380 g/mol. The number of carbonyl (C=O) groups is 1. The van der Waals surface area contributed by atoms with Gasteiger partial charge in [-0.25, -0.2) is 0 Å². The third kappa shape index (κ3) is 3.60. The van der Waals surface area contributed by atoms with Crippen LogP contribution in [0.3, 0.4) is 0 Å². The Morgan fingerprint density at radius 2 is 1.97 bits per heavy atom. The summed E-state index contributed by atoms with van der Waals surface area (Å²) in [6.45, 7) is 1.58. The van der Waals surface area contributed by atoms with Gasteiger partial charge in [0.15, 0.2) is 5.78 Å². The van der Waals surface area contributed by atoms with Gasteiger partial charge >= 0.3 is 0 Å². The normalized spacial score (nSPS) is 16.0. The number of rotatable bonds is 7. The highest BCUT2D eigenvalue weighted by Gasteiger charge is 2.37. The summed E-state index contributed by atoms with van der Waals surface area (Å²) in [5.74, 6) is 0.183. The number of benzene rings is 1. The van der Waals surface area contributed by atoms with Crippen LogP contribution in [0.1, 0.15) is 21.6 Å². The molecule has 1 atom stereocenters. The Bertz CT molecular complexity index is 1100. The van der Waals surface area contributed by atoms with Crippen LogP contribution in [0.4, 0.5) is 0 Å². The highest BCUT2D eigenvalue weighted by atomic mass is 16.6. The first kappa shape index (κ1) is 20.5. The van der Waals surface area contributed by atoms with E-state index in [1.165, 1.54) is 0 Å². The first-order chi connectivity index (χ1) is 14.3. The maximum Gasteiger partial charge on any atom is 0.196 e. The molecule has 2 aromatic heterocycles. The number of fused-ring (bicyclic) bond motifs is 1. The number of phenols is 1. The van der Waals surface area contributed by atoms with Gasteiger partial charge in [0.1, 0.15) is 11.9 Å². The van der Waals surface area contributed by atoms with Crippen LogP contribution in [0.2, 0.25) is 0 Å². The van der Waals surface area contributed by atoms with Crippen LogP contribution in [-0.2, 0) is 24.9 Å². The Kier molecular flexibility index (Phi) is 5.36. The van der Waals surface area contributed by atoms with Crippen molar-refractivity contribution in [3.8, 4) is 16.9 Å². The molecule has 1 fully saturated rings. The minimum Gasteiger partial charge on any atom is -0.507 e. The zero-order valence-electron chi connectivity index (χ0n) is 18.1. The van der Waals surface area contributed by atoms with E-state index in [1.54, 1.807) is 12.4 Å².